The number of nitrogens with one attached hydrogen (secondary N) is 8. The van der Waals surface area contributed by atoms with Crippen LogP contribution < -0.4 is 58.0 Å². The smallest absolute Gasteiger partial charge is 0.343 e. The molecule has 8 amide bonds. The first-order valence-electron chi connectivity index (χ1n) is 36.2. The maximum atomic E-state index is 13.0. The number of esters is 1. The molecule has 0 atom stereocenters. The zero-order chi connectivity index (χ0) is 89.5. The predicted molar refractivity (Wildman–Crippen MR) is 447 cm³/mol. The van der Waals surface area contributed by atoms with Crippen molar-refractivity contribution < 1.29 is 101 Å². The third kappa shape index (κ3) is 45.9. The van der Waals surface area contributed by atoms with E-state index in [4.69, 9.17) is 32.0 Å². The highest BCUT2D eigenvalue weighted by Crippen LogP contribution is 2.16. The zero-order valence-electron chi connectivity index (χ0n) is 66.8. The van der Waals surface area contributed by atoms with Crippen LogP contribution in [0, 0.1) is 12.7 Å². The van der Waals surface area contributed by atoms with Gasteiger partial charge in [-0.25, -0.2) is 9.18 Å². The summed E-state index contributed by atoms with van der Waals surface area (Å²) >= 11 is 8.99. The molecule has 0 aliphatic carbocycles. The van der Waals surface area contributed by atoms with Crippen LogP contribution in [0.4, 0.5) is 4.39 Å². The summed E-state index contributed by atoms with van der Waals surface area (Å²) in [4.78, 5) is 189. The first-order valence-corrected chi connectivity index (χ1v) is 37.3. The number of carbonyl (C=O) groups excluding carboxylic acids is 17. The molecule has 9 rings (SSSR count). The zero-order valence-corrected chi connectivity index (χ0v) is 69.1. The van der Waals surface area contributed by atoms with E-state index in [9.17, 15) is 85.9 Å². The van der Waals surface area contributed by atoms with Crippen molar-refractivity contribution in [3.63, 3.8) is 0 Å². The second-order valence-electron chi connectivity index (χ2n) is 24.8. The van der Waals surface area contributed by atoms with Crippen molar-refractivity contribution in [2.24, 2.45) is 5.73 Å². The van der Waals surface area contributed by atoms with Crippen molar-refractivity contribution in [2.45, 2.75) is 108 Å². The Kier molecular flexibility index (Phi) is 49.3. The second kappa shape index (κ2) is 57.9. The van der Waals surface area contributed by atoms with Gasteiger partial charge in [-0.15, -0.1) is 0 Å². The number of aliphatic hydroxyl groups is 1. The van der Waals surface area contributed by atoms with Crippen LogP contribution in [0.5, 0.6) is 11.5 Å². The molecule has 0 saturated heterocycles. The quantitative estimate of drug-likeness (QED) is 0.00951. The first-order chi connectivity index (χ1) is 57.0. The number of para-hydroxylation sites is 1. The minimum Gasteiger partial charge on any atom is -0.423 e. The van der Waals surface area contributed by atoms with Crippen LogP contribution in [-0.4, -0.2) is 111 Å². The number of halogens is 3. The van der Waals surface area contributed by atoms with Crippen molar-refractivity contribution in [2.75, 3.05) is 6.54 Å². The average Bonchev–Trinajstić information content (AvgIpc) is 0.876. The molecule has 0 bridgehead atoms. The number of aliphatic hydroxyl groups excluding tert-OH is 1. The standard InChI is InChI=1S/C17H16N2O4.C11H13NO3.C11H13NO2.C10H10BrNO2.C10H10ClNO2.C10H10FNO2.C10H11NO2.C9H9NO3/c18-10-15(20)16(21)19-11-12-6-8-14(9-7-12)23-17(22)13-4-2-1-3-5-13;1-8(14)11(15)12-6-9-2-4-10(7-13)5-3-9;1-8-3-5-10(6-4-8)7-12-11(14)9(2)13;2*1-7(13)10(14)12-6-8-2-4-9(11)5-3-8;1-7(13)10(14)12-6-8-4-2-3-5-9(8)11;1-8(12)10(13)11-7-9-5-3-2-4-6-9;1-7(11)9(12)10-13-8-5-3-2-4-6-8/h1-9H,10-11,18H2,(H,19,21);2-5,13H,6-7H2,1H3,(H,12,15);3-6H,7H2,1-2H3,(H,12,14);3*2-5H,6H2,1H3,(H,12,14);2-6H,7H2,1H3,(H,11,13);2-6H,1H3,(H,10,12). The molecule has 0 heterocycles. The molecule has 11 N–H and O–H groups in total. The van der Waals surface area contributed by atoms with Crippen molar-refractivity contribution in [3.8, 4) is 11.5 Å². The highest BCUT2D eigenvalue weighted by molar-refractivity contribution is 9.10. The summed E-state index contributed by atoms with van der Waals surface area (Å²) in [5.41, 5.74) is 15.4. The first kappa shape index (κ1) is 102. The van der Waals surface area contributed by atoms with Crippen LogP contribution >= 0.6 is 27.5 Å². The molecular weight excluding hydrogens is 1640 g/mol. The van der Waals surface area contributed by atoms with E-state index in [0.717, 1.165) is 50.3 Å². The highest BCUT2D eigenvalue weighted by Gasteiger charge is 2.15. The van der Waals surface area contributed by atoms with Gasteiger partial charge in [0.15, 0.2) is 5.75 Å². The molecule has 0 aliphatic heterocycles. The molecule has 29 nitrogen and oxygen atoms in total. The number of amides is 8. The summed E-state index contributed by atoms with van der Waals surface area (Å²) in [5.74, 6) is -9.12. The van der Waals surface area contributed by atoms with Crippen LogP contribution in [0.25, 0.3) is 0 Å². The predicted octanol–water partition coefficient (Wildman–Crippen LogP) is 8.44. The Balaban J connectivity index is 0.000000469. The van der Waals surface area contributed by atoms with Crippen molar-refractivity contribution in [3.05, 3.63) is 308 Å². The van der Waals surface area contributed by atoms with Gasteiger partial charge in [0, 0.05) is 109 Å². The number of carbonyl (C=O) groups is 17. The monoisotopic (exact) mass is 1730 g/mol. The largest absolute Gasteiger partial charge is 0.423 e. The van der Waals surface area contributed by atoms with Gasteiger partial charge in [-0.3, -0.25) is 76.7 Å². The van der Waals surface area contributed by atoms with Crippen molar-refractivity contribution in [1.29, 1.82) is 0 Å². The maximum absolute atomic E-state index is 13.0. The number of ether oxygens (including phenoxy) is 1. The fraction of sp³-hybridized carbons (Fsp3) is 0.193. The minimum atomic E-state index is -0.760. The van der Waals surface area contributed by atoms with Gasteiger partial charge < -0.3 is 57.6 Å². The van der Waals surface area contributed by atoms with E-state index in [1.807, 2.05) is 103 Å². The Morgan fingerprint density at radius 2 is 0.650 bits per heavy atom. The number of ketones is 8. The van der Waals surface area contributed by atoms with E-state index < -0.39 is 105 Å². The molecule has 0 radical (unpaired) electrons. The van der Waals surface area contributed by atoms with Crippen LogP contribution in [-0.2, 0) is 129 Å². The van der Waals surface area contributed by atoms with E-state index in [1.165, 1.54) is 53.2 Å². The van der Waals surface area contributed by atoms with E-state index >= 15 is 0 Å². The Bertz CT molecular complexity index is 4660. The molecule has 0 fully saturated rings. The number of rotatable bonds is 28. The Hall–Kier alpha value is -14.0. The summed E-state index contributed by atoms with van der Waals surface area (Å²) in [5, 5.41) is 26.7. The molecule has 32 heteroatoms. The number of nitrogens with two attached hydrogens (primary N) is 1. The SMILES string of the molecule is CC(=O)C(=O)NCc1ccc(Br)cc1.CC(=O)C(=O)NCc1ccc(C)cc1.CC(=O)C(=O)NCc1ccc(CO)cc1.CC(=O)C(=O)NCc1ccc(Cl)cc1.CC(=O)C(=O)NCc1ccccc1.CC(=O)C(=O)NCc1ccccc1F.CC(=O)C(=O)NOc1ccccc1.NCC(=O)C(=O)NCc1ccc(OC(=O)c2ccccc2)cc1. The third-order valence-electron chi connectivity index (χ3n) is 14.9. The van der Waals surface area contributed by atoms with Crippen molar-refractivity contribution in [1.82, 2.24) is 42.7 Å². The van der Waals surface area contributed by atoms with E-state index in [0.29, 0.717) is 60.4 Å². The molecule has 120 heavy (non-hydrogen) atoms. The Morgan fingerprint density at radius 1 is 0.350 bits per heavy atom. The molecule has 0 spiro atoms. The number of aryl methyl sites for hydroxylation is 1. The molecule has 0 unspecified atom stereocenters. The van der Waals surface area contributed by atoms with Crippen molar-refractivity contribution >= 4 is 127 Å². The molecule has 630 valence electrons. The normalized spacial score (nSPS) is 9.57. The molecule has 0 saturated carbocycles. The topological polar surface area (TPSA) is 451 Å². The van der Waals surface area contributed by atoms with E-state index in [1.54, 1.807) is 140 Å². The fourth-order valence-electron chi connectivity index (χ4n) is 8.20. The number of Topliss-reactive ketones (excluding diaryl/α,β-unsaturated/α-hetero) is 8. The second-order valence-corrected chi connectivity index (χ2v) is 26.2. The summed E-state index contributed by atoms with van der Waals surface area (Å²) in [6.45, 7) is 12.3. The van der Waals surface area contributed by atoms with E-state index in [2.05, 4.69) is 53.1 Å². The lowest BCUT2D eigenvalue weighted by atomic mass is 10.1. The maximum Gasteiger partial charge on any atom is 0.343 e. The highest BCUT2D eigenvalue weighted by atomic mass is 79.9. The average molecular weight is 1730 g/mol. The van der Waals surface area contributed by atoms with Gasteiger partial charge in [-0.05, 0) is 113 Å². The lowest BCUT2D eigenvalue weighted by molar-refractivity contribution is -0.140. The van der Waals surface area contributed by atoms with Crippen LogP contribution in [0.1, 0.15) is 109 Å². The van der Waals surface area contributed by atoms with Gasteiger partial charge in [0.05, 0.1) is 18.7 Å². The van der Waals surface area contributed by atoms with Gasteiger partial charge in [0.2, 0.25) is 46.3 Å². The summed E-state index contributed by atoms with van der Waals surface area (Å²) in [7, 11) is 0. The van der Waals surface area contributed by atoms with Gasteiger partial charge in [-0.2, -0.15) is 5.48 Å². The molecule has 0 aromatic heterocycles. The lowest BCUT2D eigenvalue weighted by Gasteiger charge is -2.07. The summed E-state index contributed by atoms with van der Waals surface area (Å²) in [6.07, 6.45) is 0. The molecular formula is C88H92BrClFN9O20. The summed E-state index contributed by atoms with van der Waals surface area (Å²) in [6, 6.07) is 69.0. The minimum absolute atomic E-state index is 0.0000844. The van der Waals surface area contributed by atoms with Gasteiger partial charge in [0.1, 0.15) is 11.6 Å². The number of benzene rings is 9. The third-order valence-corrected chi connectivity index (χ3v) is 15.7. The Labute approximate surface area is 705 Å². The molecule has 9 aromatic carbocycles. The van der Waals surface area contributed by atoms with E-state index in [-0.39, 0.29) is 26.2 Å². The number of hydroxylamine groups is 1. The van der Waals surface area contributed by atoms with Gasteiger partial charge in [0.25, 0.3) is 41.4 Å². The van der Waals surface area contributed by atoms with Crippen LogP contribution in [0.3, 0.4) is 0 Å². The number of hydrogen-bond donors (Lipinski definition) is 10. The van der Waals surface area contributed by atoms with Gasteiger partial charge >= 0.3 is 11.9 Å². The van der Waals surface area contributed by atoms with Crippen LogP contribution in [0.15, 0.2) is 241 Å². The fourth-order valence-corrected chi connectivity index (χ4v) is 8.59. The Morgan fingerprint density at radius 3 is 1.02 bits per heavy atom. The van der Waals surface area contributed by atoms with Crippen LogP contribution in [0.2, 0.25) is 5.02 Å². The molecule has 9 aromatic rings. The lowest BCUT2D eigenvalue weighted by Crippen LogP contribution is -2.34. The van der Waals surface area contributed by atoms with Gasteiger partial charge in [-0.1, -0.05) is 203 Å². The molecule has 0 aliphatic rings. The summed E-state index contributed by atoms with van der Waals surface area (Å²) < 4.78 is 19.2. The number of hydrogen-bond acceptors (Lipinski definition) is 21.